The van der Waals surface area contributed by atoms with Crippen LogP contribution in [0, 0.1) is 0 Å². The Hall–Kier alpha value is -1.06. The number of hydrogen-bond donors (Lipinski definition) is 3. The van der Waals surface area contributed by atoms with Crippen molar-refractivity contribution in [3.05, 3.63) is 6.07 Å². The van der Waals surface area contributed by atoms with Gasteiger partial charge < -0.3 is 16.6 Å². The second-order valence-electron chi connectivity index (χ2n) is 3.80. The van der Waals surface area contributed by atoms with Crippen molar-refractivity contribution in [2.75, 3.05) is 23.0 Å². The zero-order valence-corrected chi connectivity index (χ0v) is 10.4. The second-order valence-corrected chi connectivity index (χ2v) is 7.16. The maximum Gasteiger partial charge on any atom is 0.191 e. The summed E-state index contributed by atoms with van der Waals surface area (Å²) < 4.78 is 22.6. The molecule has 1 fully saturated rings. The van der Waals surface area contributed by atoms with Crippen LogP contribution in [-0.2, 0) is 9.84 Å². The number of thioether (sulfide) groups is 1. The molecule has 1 saturated heterocycles. The zero-order valence-electron chi connectivity index (χ0n) is 8.78. The van der Waals surface area contributed by atoms with E-state index < -0.39 is 21.2 Å². The third-order valence-corrected chi connectivity index (χ3v) is 5.38. The van der Waals surface area contributed by atoms with Crippen molar-refractivity contribution in [1.29, 1.82) is 0 Å². The fraction of sp³-hybridized carbons (Fsp3) is 0.500. The Morgan fingerprint density at radius 2 is 1.88 bits per heavy atom. The van der Waals surface area contributed by atoms with Crippen LogP contribution in [0.15, 0.2) is 11.2 Å². The minimum absolute atomic E-state index is 0.0864. The lowest BCUT2D eigenvalue weighted by Gasteiger charge is -2.11. The highest BCUT2D eigenvalue weighted by Crippen LogP contribution is 2.29. The van der Waals surface area contributed by atoms with E-state index in [9.17, 15) is 13.5 Å². The maximum absolute atomic E-state index is 11.3. The van der Waals surface area contributed by atoms with Crippen LogP contribution < -0.4 is 11.5 Å². The average Bonchev–Trinajstić information content (AvgIpc) is 2.37. The molecule has 2 atom stereocenters. The van der Waals surface area contributed by atoms with Gasteiger partial charge in [0.15, 0.2) is 15.0 Å². The van der Waals surface area contributed by atoms with E-state index >= 15 is 0 Å². The molecule has 0 aromatic carbocycles. The molecule has 17 heavy (non-hydrogen) atoms. The Kier molecular flexibility index (Phi) is 3.15. The van der Waals surface area contributed by atoms with Crippen molar-refractivity contribution in [3.8, 4) is 0 Å². The Balaban J connectivity index is 2.16. The number of aromatic nitrogens is 2. The molecule has 2 unspecified atom stereocenters. The van der Waals surface area contributed by atoms with Gasteiger partial charge in [0, 0.05) is 6.07 Å². The summed E-state index contributed by atoms with van der Waals surface area (Å²) in [7, 11) is -3.17. The molecule has 0 aliphatic carbocycles. The van der Waals surface area contributed by atoms with E-state index in [0.717, 1.165) is 11.8 Å². The first-order valence-electron chi connectivity index (χ1n) is 4.81. The van der Waals surface area contributed by atoms with Crippen LogP contribution in [0.1, 0.15) is 0 Å². The van der Waals surface area contributed by atoms with Crippen LogP contribution in [0.25, 0.3) is 0 Å². The van der Waals surface area contributed by atoms with Crippen molar-refractivity contribution >= 4 is 33.2 Å². The number of aliphatic hydroxyl groups excluding tert-OH is 1. The Labute approximate surface area is 103 Å². The Morgan fingerprint density at radius 1 is 1.29 bits per heavy atom. The molecule has 2 heterocycles. The fourth-order valence-corrected chi connectivity index (χ4v) is 5.03. The molecular formula is C8H12N4O3S2. The van der Waals surface area contributed by atoms with Crippen LogP contribution in [0.4, 0.5) is 11.6 Å². The van der Waals surface area contributed by atoms with Gasteiger partial charge in [-0.05, 0) is 0 Å². The lowest BCUT2D eigenvalue weighted by molar-refractivity contribution is 0.207. The molecule has 2 rings (SSSR count). The summed E-state index contributed by atoms with van der Waals surface area (Å²) in [6.45, 7) is 0. The van der Waals surface area contributed by atoms with Gasteiger partial charge in [-0.15, -0.1) is 0 Å². The molecule has 0 radical (unpaired) electrons. The van der Waals surface area contributed by atoms with Gasteiger partial charge in [-0.25, -0.2) is 18.4 Å². The van der Waals surface area contributed by atoms with E-state index in [1.807, 2.05) is 0 Å². The lowest BCUT2D eigenvalue weighted by Crippen LogP contribution is -2.20. The summed E-state index contributed by atoms with van der Waals surface area (Å²) in [6.07, 6.45) is -0.906. The second kappa shape index (κ2) is 4.31. The molecule has 1 aromatic rings. The molecule has 0 spiro atoms. The first-order chi connectivity index (χ1) is 7.85. The Morgan fingerprint density at radius 3 is 2.35 bits per heavy atom. The van der Waals surface area contributed by atoms with Crippen LogP contribution in [0.2, 0.25) is 0 Å². The molecule has 1 aliphatic rings. The highest BCUT2D eigenvalue weighted by atomic mass is 32.2. The standard InChI is InChI=1S/C8H12N4O3S2/c9-6-1-7(10)12-8(11-6)16-5-3-17(14,15)2-4(5)13/h1,4-5,13H,2-3H2,(H4,9,10,11,12). The zero-order chi connectivity index (χ0) is 12.6. The molecule has 0 saturated carbocycles. The number of nitrogens with zero attached hydrogens (tertiary/aromatic N) is 2. The molecule has 0 bridgehead atoms. The summed E-state index contributed by atoms with van der Waals surface area (Å²) in [5.41, 5.74) is 11.0. The highest BCUT2D eigenvalue weighted by molar-refractivity contribution is 8.01. The number of anilines is 2. The lowest BCUT2D eigenvalue weighted by atomic mass is 10.3. The van der Waals surface area contributed by atoms with Crippen LogP contribution in [0.3, 0.4) is 0 Å². The number of sulfone groups is 1. The van der Waals surface area contributed by atoms with E-state index in [4.69, 9.17) is 11.5 Å². The molecule has 1 aliphatic heterocycles. The van der Waals surface area contributed by atoms with Gasteiger partial charge in [-0.1, -0.05) is 11.8 Å². The van der Waals surface area contributed by atoms with Gasteiger partial charge in [0.1, 0.15) is 11.6 Å². The molecule has 0 amide bonds. The number of nitrogen functional groups attached to an aromatic ring is 2. The minimum Gasteiger partial charge on any atom is -0.391 e. The Bertz CT molecular complexity index is 513. The van der Waals surface area contributed by atoms with E-state index in [-0.39, 0.29) is 28.3 Å². The largest absolute Gasteiger partial charge is 0.391 e. The van der Waals surface area contributed by atoms with E-state index in [1.165, 1.54) is 6.07 Å². The van der Waals surface area contributed by atoms with E-state index in [1.54, 1.807) is 0 Å². The topological polar surface area (TPSA) is 132 Å². The maximum atomic E-state index is 11.3. The SMILES string of the molecule is Nc1cc(N)nc(SC2CS(=O)(=O)CC2O)n1. The van der Waals surface area contributed by atoms with Crippen molar-refractivity contribution in [2.24, 2.45) is 0 Å². The number of rotatable bonds is 2. The van der Waals surface area contributed by atoms with Gasteiger partial charge in [-0.3, -0.25) is 0 Å². The van der Waals surface area contributed by atoms with Crippen LogP contribution in [-0.4, -0.2) is 46.4 Å². The van der Waals surface area contributed by atoms with E-state index in [0.29, 0.717) is 0 Å². The highest BCUT2D eigenvalue weighted by Gasteiger charge is 2.37. The van der Waals surface area contributed by atoms with Gasteiger partial charge in [0.05, 0.1) is 22.9 Å². The quantitative estimate of drug-likeness (QED) is 0.579. The molecule has 94 valence electrons. The molecule has 5 N–H and O–H groups in total. The first kappa shape index (κ1) is 12.4. The van der Waals surface area contributed by atoms with Crippen molar-refractivity contribution in [3.63, 3.8) is 0 Å². The van der Waals surface area contributed by atoms with Crippen molar-refractivity contribution in [2.45, 2.75) is 16.5 Å². The van der Waals surface area contributed by atoms with Gasteiger partial charge in [0.2, 0.25) is 0 Å². The van der Waals surface area contributed by atoms with Gasteiger partial charge >= 0.3 is 0 Å². The number of aliphatic hydroxyl groups is 1. The van der Waals surface area contributed by atoms with Gasteiger partial charge in [-0.2, -0.15) is 0 Å². The fourth-order valence-electron chi connectivity index (χ4n) is 1.56. The average molecular weight is 276 g/mol. The summed E-state index contributed by atoms with van der Waals surface area (Å²) in [5.74, 6) is 0.130. The van der Waals surface area contributed by atoms with Crippen molar-refractivity contribution in [1.82, 2.24) is 9.97 Å². The van der Waals surface area contributed by atoms with Crippen LogP contribution >= 0.6 is 11.8 Å². The monoisotopic (exact) mass is 276 g/mol. The summed E-state index contributed by atoms with van der Waals surface area (Å²) >= 11 is 1.08. The van der Waals surface area contributed by atoms with Crippen molar-refractivity contribution < 1.29 is 13.5 Å². The third-order valence-electron chi connectivity index (χ3n) is 2.27. The normalized spacial score (nSPS) is 27.1. The predicted octanol–water partition coefficient (Wildman–Crippen LogP) is -1.11. The summed E-state index contributed by atoms with van der Waals surface area (Å²) in [6, 6.07) is 1.41. The van der Waals surface area contributed by atoms with Gasteiger partial charge in [0.25, 0.3) is 0 Å². The first-order valence-corrected chi connectivity index (χ1v) is 7.51. The molecule has 9 heteroatoms. The number of nitrogens with two attached hydrogens (primary N) is 2. The van der Waals surface area contributed by atoms with E-state index in [2.05, 4.69) is 9.97 Å². The summed E-state index contributed by atoms with van der Waals surface area (Å²) in [5, 5.41) is 9.42. The number of hydrogen-bond acceptors (Lipinski definition) is 8. The van der Waals surface area contributed by atoms with Crippen LogP contribution in [0.5, 0.6) is 0 Å². The smallest absolute Gasteiger partial charge is 0.191 e. The molecule has 1 aromatic heterocycles. The predicted molar refractivity (Wildman–Crippen MR) is 65.2 cm³/mol. The summed E-state index contributed by atoms with van der Waals surface area (Å²) in [4.78, 5) is 7.85. The third kappa shape index (κ3) is 2.99. The minimum atomic E-state index is -3.17. The molecule has 7 nitrogen and oxygen atoms in total. The molecular weight excluding hydrogens is 264 g/mol.